The van der Waals surface area contributed by atoms with Crippen LogP contribution in [0.4, 0.5) is 4.39 Å². The Morgan fingerprint density at radius 3 is 2.27 bits per heavy atom. The maximum atomic E-state index is 13.8. The highest BCUT2D eigenvalue weighted by molar-refractivity contribution is 5.94. The number of halogens is 1. The van der Waals surface area contributed by atoms with Crippen LogP contribution in [0.25, 0.3) is 0 Å². The molecule has 6 heteroatoms. The predicted octanol–water partition coefficient (Wildman–Crippen LogP) is 2.36. The Kier molecular flexibility index (Phi) is 5.51. The van der Waals surface area contributed by atoms with Gasteiger partial charge in [0.1, 0.15) is 0 Å². The van der Waals surface area contributed by atoms with Crippen LogP contribution < -0.4 is 4.74 Å². The zero-order valence-electron chi connectivity index (χ0n) is 14.7. The molecule has 0 atom stereocenters. The monoisotopic (exact) mass is 356 g/mol. The fraction of sp³-hybridized carbons (Fsp3) is 0.300. The van der Waals surface area contributed by atoms with E-state index >= 15 is 0 Å². The summed E-state index contributed by atoms with van der Waals surface area (Å²) in [6.45, 7) is 1.96. The first-order chi connectivity index (χ1) is 12.6. The Balaban J connectivity index is 1.55. The zero-order valence-corrected chi connectivity index (χ0v) is 14.7. The second-order valence-corrected chi connectivity index (χ2v) is 6.18. The molecular formula is C20H21FN2O3. The molecule has 3 rings (SSSR count). The number of carbonyl (C=O) groups is 2. The van der Waals surface area contributed by atoms with Crippen molar-refractivity contribution in [3.63, 3.8) is 0 Å². The molecule has 1 saturated heterocycles. The summed E-state index contributed by atoms with van der Waals surface area (Å²) in [5, 5.41) is 0. The number of hydrogen-bond acceptors (Lipinski definition) is 3. The minimum absolute atomic E-state index is 0.0186. The van der Waals surface area contributed by atoms with E-state index in [-0.39, 0.29) is 24.0 Å². The molecule has 0 radical (unpaired) electrons. The van der Waals surface area contributed by atoms with Crippen molar-refractivity contribution in [2.24, 2.45) is 0 Å². The van der Waals surface area contributed by atoms with Gasteiger partial charge in [0.05, 0.1) is 13.5 Å². The molecule has 1 fully saturated rings. The van der Waals surface area contributed by atoms with E-state index < -0.39 is 5.82 Å². The SMILES string of the molecule is COc1ccc(CC(=O)N2CCN(C(=O)c3ccccc3)CC2)cc1F. The summed E-state index contributed by atoms with van der Waals surface area (Å²) in [7, 11) is 1.40. The van der Waals surface area contributed by atoms with Crippen molar-refractivity contribution in [3.8, 4) is 5.75 Å². The summed E-state index contributed by atoms with van der Waals surface area (Å²) in [6, 6.07) is 13.7. The smallest absolute Gasteiger partial charge is 0.253 e. The first kappa shape index (κ1) is 17.9. The molecule has 1 aliphatic heterocycles. The maximum absolute atomic E-state index is 13.8. The molecule has 26 heavy (non-hydrogen) atoms. The molecule has 0 N–H and O–H groups in total. The van der Waals surface area contributed by atoms with E-state index in [4.69, 9.17) is 4.74 Å². The summed E-state index contributed by atoms with van der Waals surface area (Å²) in [5.41, 5.74) is 1.26. The number of nitrogens with zero attached hydrogens (tertiary/aromatic N) is 2. The first-order valence-corrected chi connectivity index (χ1v) is 8.53. The molecule has 0 spiro atoms. The molecule has 2 aromatic carbocycles. The van der Waals surface area contributed by atoms with Crippen LogP contribution in [0.2, 0.25) is 0 Å². The molecule has 1 heterocycles. The quantitative estimate of drug-likeness (QED) is 0.845. The molecule has 0 bridgehead atoms. The van der Waals surface area contributed by atoms with Crippen LogP contribution >= 0.6 is 0 Å². The fourth-order valence-electron chi connectivity index (χ4n) is 3.03. The van der Waals surface area contributed by atoms with E-state index in [9.17, 15) is 14.0 Å². The average molecular weight is 356 g/mol. The third-order valence-electron chi connectivity index (χ3n) is 4.51. The van der Waals surface area contributed by atoms with Gasteiger partial charge in [0.25, 0.3) is 5.91 Å². The van der Waals surface area contributed by atoms with Crippen LogP contribution in [-0.4, -0.2) is 54.9 Å². The van der Waals surface area contributed by atoms with E-state index in [1.807, 2.05) is 18.2 Å². The van der Waals surface area contributed by atoms with E-state index in [0.717, 1.165) is 0 Å². The topological polar surface area (TPSA) is 49.9 Å². The van der Waals surface area contributed by atoms with E-state index in [0.29, 0.717) is 37.3 Å². The number of ether oxygens (including phenoxy) is 1. The van der Waals surface area contributed by atoms with Crippen LogP contribution in [0.5, 0.6) is 5.75 Å². The molecule has 0 aromatic heterocycles. The van der Waals surface area contributed by atoms with Crippen molar-refractivity contribution in [2.75, 3.05) is 33.3 Å². The Bertz CT molecular complexity index is 787. The number of hydrogen-bond donors (Lipinski definition) is 0. The molecule has 0 unspecified atom stereocenters. The number of piperazine rings is 1. The number of amides is 2. The van der Waals surface area contributed by atoms with Gasteiger partial charge in [-0.05, 0) is 29.8 Å². The number of rotatable bonds is 4. The van der Waals surface area contributed by atoms with Gasteiger partial charge < -0.3 is 14.5 Å². The number of carbonyl (C=O) groups excluding carboxylic acids is 2. The normalized spacial score (nSPS) is 14.2. The lowest BCUT2D eigenvalue weighted by atomic mass is 10.1. The van der Waals surface area contributed by atoms with Gasteiger partial charge in [-0.2, -0.15) is 0 Å². The zero-order chi connectivity index (χ0) is 18.5. The highest BCUT2D eigenvalue weighted by Crippen LogP contribution is 2.18. The van der Waals surface area contributed by atoms with Crippen LogP contribution in [0.15, 0.2) is 48.5 Å². The minimum Gasteiger partial charge on any atom is -0.494 e. The van der Waals surface area contributed by atoms with Crippen LogP contribution in [0, 0.1) is 5.82 Å². The summed E-state index contributed by atoms with van der Waals surface area (Å²) in [6.07, 6.45) is 0.132. The lowest BCUT2D eigenvalue weighted by Gasteiger charge is -2.35. The molecule has 0 saturated carbocycles. The van der Waals surface area contributed by atoms with Gasteiger partial charge in [-0.15, -0.1) is 0 Å². The van der Waals surface area contributed by atoms with E-state index in [1.54, 1.807) is 28.0 Å². The summed E-state index contributed by atoms with van der Waals surface area (Å²) in [4.78, 5) is 28.4. The van der Waals surface area contributed by atoms with Gasteiger partial charge in [-0.3, -0.25) is 9.59 Å². The second kappa shape index (κ2) is 7.99. The highest BCUT2D eigenvalue weighted by atomic mass is 19.1. The third-order valence-corrected chi connectivity index (χ3v) is 4.51. The van der Waals surface area contributed by atoms with Gasteiger partial charge in [0, 0.05) is 31.7 Å². The molecule has 2 amide bonds. The predicted molar refractivity (Wildman–Crippen MR) is 95.6 cm³/mol. The van der Waals surface area contributed by atoms with Gasteiger partial charge in [0.2, 0.25) is 5.91 Å². The Morgan fingerprint density at radius 1 is 1.00 bits per heavy atom. The molecule has 2 aromatic rings. The molecule has 5 nitrogen and oxygen atoms in total. The number of methoxy groups -OCH3 is 1. The van der Waals surface area contributed by atoms with Gasteiger partial charge in [-0.25, -0.2) is 4.39 Å². The van der Waals surface area contributed by atoms with Crippen molar-refractivity contribution in [3.05, 3.63) is 65.5 Å². The Labute approximate surface area is 152 Å². The van der Waals surface area contributed by atoms with Crippen molar-refractivity contribution in [1.82, 2.24) is 9.80 Å². The van der Waals surface area contributed by atoms with Crippen molar-refractivity contribution in [1.29, 1.82) is 0 Å². The third kappa shape index (κ3) is 4.02. The van der Waals surface area contributed by atoms with Gasteiger partial charge in [-0.1, -0.05) is 24.3 Å². The van der Waals surface area contributed by atoms with Gasteiger partial charge in [0.15, 0.2) is 11.6 Å². The van der Waals surface area contributed by atoms with Crippen molar-refractivity contribution in [2.45, 2.75) is 6.42 Å². The van der Waals surface area contributed by atoms with Gasteiger partial charge >= 0.3 is 0 Å². The largest absolute Gasteiger partial charge is 0.494 e. The minimum atomic E-state index is -0.476. The van der Waals surface area contributed by atoms with E-state index in [1.165, 1.54) is 19.2 Å². The summed E-state index contributed by atoms with van der Waals surface area (Å²) in [5.74, 6) is -0.401. The molecule has 1 aliphatic rings. The standard InChI is InChI=1S/C20H21FN2O3/c1-26-18-8-7-15(13-17(18)21)14-19(24)22-9-11-23(12-10-22)20(25)16-5-3-2-4-6-16/h2-8,13H,9-12,14H2,1H3. The first-order valence-electron chi connectivity index (χ1n) is 8.53. The molecular weight excluding hydrogens is 335 g/mol. The lowest BCUT2D eigenvalue weighted by Crippen LogP contribution is -2.51. The van der Waals surface area contributed by atoms with Crippen LogP contribution in [-0.2, 0) is 11.2 Å². The maximum Gasteiger partial charge on any atom is 0.253 e. The van der Waals surface area contributed by atoms with Crippen LogP contribution in [0.1, 0.15) is 15.9 Å². The lowest BCUT2D eigenvalue weighted by molar-refractivity contribution is -0.131. The Morgan fingerprint density at radius 2 is 1.65 bits per heavy atom. The Hall–Kier alpha value is -2.89. The van der Waals surface area contributed by atoms with Crippen molar-refractivity contribution < 1.29 is 18.7 Å². The van der Waals surface area contributed by atoms with Crippen LogP contribution in [0.3, 0.4) is 0 Å². The molecule has 136 valence electrons. The fourth-order valence-corrected chi connectivity index (χ4v) is 3.03. The van der Waals surface area contributed by atoms with E-state index in [2.05, 4.69) is 0 Å². The summed E-state index contributed by atoms with van der Waals surface area (Å²) < 4.78 is 18.6. The highest BCUT2D eigenvalue weighted by Gasteiger charge is 2.24. The second-order valence-electron chi connectivity index (χ2n) is 6.18. The average Bonchev–Trinajstić information content (AvgIpc) is 2.68. The number of benzene rings is 2. The molecule has 0 aliphatic carbocycles. The van der Waals surface area contributed by atoms with Crippen molar-refractivity contribution >= 4 is 11.8 Å². The summed E-state index contributed by atoms with van der Waals surface area (Å²) >= 11 is 0.